The van der Waals surface area contributed by atoms with E-state index in [2.05, 4.69) is 32.6 Å². The van der Waals surface area contributed by atoms with Crippen molar-refractivity contribution in [3.05, 3.63) is 66.0 Å². The van der Waals surface area contributed by atoms with E-state index in [1.807, 2.05) is 58.8 Å². The van der Waals surface area contributed by atoms with E-state index in [9.17, 15) is 5.11 Å². The highest BCUT2D eigenvalue weighted by molar-refractivity contribution is 5.57. The molecule has 2 atom stereocenters. The lowest BCUT2D eigenvalue weighted by molar-refractivity contribution is 0.179. The van der Waals surface area contributed by atoms with E-state index in [0.717, 1.165) is 16.9 Å². The summed E-state index contributed by atoms with van der Waals surface area (Å²) in [4.78, 5) is 11.4. The third kappa shape index (κ3) is 2.97. The number of nitrogens with one attached hydrogen (secondary N) is 2. The maximum absolute atomic E-state index is 10.6. The molecule has 1 aliphatic heterocycles. The lowest BCUT2D eigenvalue weighted by Crippen LogP contribution is -2.24. The summed E-state index contributed by atoms with van der Waals surface area (Å²) in [6.45, 7) is 3.12. The number of aliphatic hydroxyl groups is 1. The molecule has 8 heteroatoms. The number of nitrogens with zero attached hydrogens (tertiary/aromatic N) is 5. The quantitative estimate of drug-likeness (QED) is 0.507. The molecule has 1 aromatic carbocycles. The van der Waals surface area contributed by atoms with Gasteiger partial charge in [0.2, 0.25) is 11.9 Å². The Kier molecular flexibility index (Phi) is 3.98. The molecule has 0 aliphatic carbocycles. The first-order chi connectivity index (χ1) is 13.7. The number of rotatable bonds is 4. The molecule has 1 saturated heterocycles. The Morgan fingerprint density at radius 2 is 1.96 bits per heavy atom. The van der Waals surface area contributed by atoms with Gasteiger partial charge in [0.25, 0.3) is 0 Å². The highest BCUT2D eigenvalue weighted by atomic mass is 16.3. The molecule has 1 aliphatic rings. The van der Waals surface area contributed by atoms with Crippen molar-refractivity contribution in [1.29, 1.82) is 0 Å². The first-order valence-corrected chi connectivity index (χ1v) is 9.29. The van der Waals surface area contributed by atoms with Crippen LogP contribution in [0.15, 0.2) is 54.7 Å². The van der Waals surface area contributed by atoms with Crippen LogP contribution in [0.1, 0.15) is 17.2 Å². The second-order valence-electron chi connectivity index (χ2n) is 7.13. The van der Waals surface area contributed by atoms with E-state index in [0.29, 0.717) is 30.8 Å². The molecule has 0 radical (unpaired) electrons. The maximum Gasteiger partial charge on any atom is 0.230 e. The third-order valence-electron chi connectivity index (χ3n) is 5.12. The SMILES string of the molecule is Cc1cc(Nc2nc(N3CC(O)C(c4ccccc4)C3)nc3cccn23)n[nH]1. The van der Waals surface area contributed by atoms with Gasteiger partial charge in [-0.15, -0.1) is 0 Å². The van der Waals surface area contributed by atoms with Crippen molar-refractivity contribution in [2.24, 2.45) is 0 Å². The van der Waals surface area contributed by atoms with Crippen LogP contribution in [0.3, 0.4) is 0 Å². The van der Waals surface area contributed by atoms with Crippen LogP contribution >= 0.6 is 0 Å². The Bertz CT molecular complexity index is 1100. The standard InChI is InChI=1S/C20H21N7O/c1-13-10-17(25-24-13)21-20-23-19(22-18-8-5-9-27(18)20)26-11-15(16(28)12-26)14-6-3-2-4-7-14/h2-10,15-16,28H,11-12H2,1H3,(H2,21,22,23,24,25). The minimum Gasteiger partial charge on any atom is -0.391 e. The maximum atomic E-state index is 10.6. The van der Waals surface area contributed by atoms with Gasteiger partial charge in [-0.25, -0.2) is 0 Å². The zero-order valence-corrected chi connectivity index (χ0v) is 15.4. The largest absolute Gasteiger partial charge is 0.391 e. The number of fused-ring (bicyclic) bond motifs is 1. The average molecular weight is 375 g/mol. The molecule has 3 N–H and O–H groups in total. The average Bonchev–Trinajstić information content (AvgIpc) is 3.42. The summed E-state index contributed by atoms with van der Waals surface area (Å²) in [5.74, 6) is 1.96. The molecule has 4 aromatic rings. The molecule has 28 heavy (non-hydrogen) atoms. The van der Waals surface area contributed by atoms with Gasteiger partial charge in [0.15, 0.2) is 5.82 Å². The molecule has 4 heterocycles. The van der Waals surface area contributed by atoms with Crippen LogP contribution in [0.25, 0.3) is 5.65 Å². The number of hydrogen-bond donors (Lipinski definition) is 3. The van der Waals surface area contributed by atoms with Crippen molar-refractivity contribution < 1.29 is 5.11 Å². The van der Waals surface area contributed by atoms with E-state index >= 15 is 0 Å². The Morgan fingerprint density at radius 1 is 1.11 bits per heavy atom. The summed E-state index contributed by atoms with van der Waals surface area (Å²) in [5.41, 5.74) is 2.89. The van der Waals surface area contributed by atoms with E-state index in [-0.39, 0.29) is 5.92 Å². The first-order valence-electron chi connectivity index (χ1n) is 9.29. The summed E-state index contributed by atoms with van der Waals surface area (Å²) in [7, 11) is 0. The van der Waals surface area contributed by atoms with Gasteiger partial charge in [-0.05, 0) is 24.6 Å². The number of aryl methyl sites for hydroxylation is 1. The number of anilines is 3. The van der Waals surface area contributed by atoms with Gasteiger partial charge < -0.3 is 15.3 Å². The van der Waals surface area contributed by atoms with E-state index in [4.69, 9.17) is 4.98 Å². The molecule has 142 valence electrons. The summed E-state index contributed by atoms with van der Waals surface area (Å²) >= 11 is 0. The molecular formula is C20H21N7O. The van der Waals surface area contributed by atoms with Crippen molar-refractivity contribution in [2.45, 2.75) is 18.9 Å². The monoisotopic (exact) mass is 375 g/mol. The van der Waals surface area contributed by atoms with Gasteiger partial charge in [-0.3, -0.25) is 9.50 Å². The molecular weight excluding hydrogens is 354 g/mol. The van der Waals surface area contributed by atoms with Crippen LogP contribution in [0.5, 0.6) is 0 Å². The van der Waals surface area contributed by atoms with E-state index < -0.39 is 6.10 Å². The minimum atomic E-state index is -0.459. The summed E-state index contributed by atoms with van der Waals surface area (Å²) < 4.78 is 1.88. The number of H-pyrrole nitrogens is 1. The van der Waals surface area contributed by atoms with Crippen molar-refractivity contribution in [3.63, 3.8) is 0 Å². The van der Waals surface area contributed by atoms with Crippen LogP contribution in [-0.4, -0.2) is 48.9 Å². The molecule has 0 amide bonds. The molecule has 2 unspecified atom stereocenters. The Hall–Kier alpha value is -3.39. The highest BCUT2D eigenvalue weighted by Crippen LogP contribution is 2.30. The number of benzene rings is 1. The van der Waals surface area contributed by atoms with Crippen molar-refractivity contribution in [3.8, 4) is 0 Å². The normalized spacial score (nSPS) is 19.4. The number of aliphatic hydroxyl groups excluding tert-OH is 1. The fourth-order valence-electron chi connectivity index (χ4n) is 3.72. The fraction of sp³-hybridized carbons (Fsp3) is 0.250. The number of aromatic amines is 1. The molecule has 3 aromatic heterocycles. The number of hydrogen-bond acceptors (Lipinski definition) is 6. The molecule has 1 fully saturated rings. The third-order valence-corrected chi connectivity index (χ3v) is 5.12. The van der Waals surface area contributed by atoms with Crippen molar-refractivity contribution in [2.75, 3.05) is 23.3 Å². The molecule has 0 spiro atoms. The smallest absolute Gasteiger partial charge is 0.230 e. The fourth-order valence-corrected chi connectivity index (χ4v) is 3.72. The van der Waals surface area contributed by atoms with E-state index in [1.165, 1.54) is 0 Å². The topological polar surface area (TPSA) is 94.4 Å². The van der Waals surface area contributed by atoms with Crippen LogP contribution < -0.4 is 10.2 Å². The van der Waals surface area contributed by atoms with Crippen LogP contribution in [0.4, 0.5) is 17.7 Å². The van der Waals surface area contributed by atoms with Crippen molar-refractivity contribution in [1.82, 2.24) is 24.6 Å². The van der Waals surface area contributed by atoms with Gasteiger partial charge in [0.1, 0.15) is 5.65 Å². The Morgan fingerprint density at radius 3 is 2.75 bits per heavy atom. The summed E-state index contributed by atoms with van der Waals surface area (Å²) in [5, 5.41) is 21.0. The summed E-state index contributed by atoms with van der Waals surface area (Å²) in [6.07, 6.45) is 1.45. The van der Waals surface area contributed by atoms with Crippen LogP contribution in [0.2, 0.25) is 0 Å². The Balaban J connectivity index is 1.48. The van der Waals surface area contributed by atoms with Crippen molar-refractivity contribution >= 4 is 23.4 Å². The zero-order chi connectivity index (χ0) is 19.1. The first kappa shape index (κ1) is 16.8. The van der Waals surface area contributed by atoms with Gasteiger partial charge >= 0.3 is 0 Å². The van der Waals surface area contributed by atoms with Gasteiger partial charge in [-0.2, -0.15) is 15.1 Å². The van der Waals surface area contributed by atoms with E-state index in [1.54, 1.807) is 0 Å². The van der Waals surface area contributed by atoms with Gasteiger partial charge in [0.05, 0.1) is 6.10 Å². The minimum absolute atomic E-state index is 0.0400. The lowest BCUT2D eigenvalue weighted by Gasteiger charge is -2.18. The predicted molar refractivity (Wildman–Crippen MR) is 107 cm³/mol. The number of β-amino-alcohol motifs (C(OH)–C–C–N with tert-alkyl or cyclic N) is 1. The lowest BCUT2D eigenvalue weighted by atomic mass is 9.96. The highest BCUT2D eigenvalue weighted by Gasteiger charge is 2.34. The zero-order valence-electron chi connectivity index (χ0n) is 15.4. The predicted octanol–water partition coefficient (Wildman–Crippen LogP) is 2.47. The second-order valence-corrected chi connectivity index (χ2v) is 7.13. The van der Waals surface area contributed by atoms with Crippen LogP contribution in [-0.2, 0) is 0 Å². The van der Waals surface area contributed by atoms with Crippen LogP contribution in [0, 0.1) is 6.92 Å². The molecule has 0 saturated carbocycles. The van der Waals surface area contributed by atoms with Gasteiger partial charge in [-0.1, -0.05) is 30.3 Å². The Labute approximate surface area is 161 Å². The molecule has 5 rings (SSSR count). The summed E-state index contributed by atoms with van der Waals surface area (Å²) in [6, 6.07) is 15.9. The molecule has 8 nitrogen and oxygen atoms in total. The molecule has 0 bridgehead atoms. The second kappa shape index (κ2) is 6.65. The van der Waals surface area contributed by atoms with Gasteiger partial charge in [0, 0.05) is 37.0 Å². The number of aromatic nitrogens is 5.